The number of alkyl halides is 3. The molecule has 0 aliphatic carbocycles. The van der Waals surface area contributed by atoms with E-state index in [4.69, 9.17) is 0 Å². The first-order chi connectivity index (χ1) is 15.3. The molecule has 0 aliphatic rings. The summed E-state index contributed by atoms with van der Waals surface area (Å²) in [4.78, 5) is 0. The molecule has 0 spiro atoms. The number of para-hydroxylation sites is 1. The van der Waals surface area contributed by atoms with Gasteiger partial charge in [-0.3, -0.25) is 0 Å². The maximum Gasteiger partial charge on any atom is 0.417 e. The second-order valence-electron chi connectivity index (χ2n) is 7.64. The number of likely N-dealkylation sites (N-methyl/N-ethyl adjacent to an activating group) is 1. The van der Waals surface area contributed by atoms with Crippen molar-refractivity contribution in [2.45, 2.75) is 18.3 Å². The van der Waals surface area contributed by atoms with Gasteiger partial charge in [-0.25, -0.2) is 4.39 Å². The van der Waals surface area contributed by atoms with E-state index in [1.54, 1.807) is 60.3 Å². The zero-order chi connectivity index (χ0) is 22.9. The molecule has 3 nitrogen and oxygen atoms in total. The summed E-state index contributed by atoms with van der Waals surface area (Å²) in [5.74, 6) is -0.455. The molecule has 166 valence electrons. The summed E-state index contributed by atoms with van der Waals surface area (Å²) in [6.07, 6.45) is -3.86. The fraction of sp³-hybridized carbons (Fsp3) is 0.200. The standard InChI is InChI=1S/C25H22F4N2O/c1-30-14-23(32)24(16-7-6-8-17(26)13-16)31-15-20(19-10-3-5-12-22(19)31)18-9-2-4-11-21(18)25(27,28)29/h2-13,15,23-24,30,32H,14H2,1H3. The van der Waals surface area contributed by atoms with Gasteiger partial charge in [-0.15, -0.1) is 0 Å². The van der Waals surface area contributed by atoms with E-state index in [0.717, 1.165) is 6.07 Å². The van der Waals surface area contributed by atoms with Crippen molar-refractivity contribution in [3.8, 4) is 11.1 Å². The molecule has 1 heterocycles. The zero-order valence-corrected chi connectivity index (χ0v) is 17.3. The van der Waals surface area contributed by atoms with Crippen LogP contribution in [0.1, 0.15) is 17.2 Å². The van der Waals surface area contributed by atoms with Gasteiger partial charge in [-0.1, -0.05) is 48.5 Å². The van der Waals surface area contributed by atoms with Gasteiger partial charge in [0.2, 0.25) is 0 Å². The quantitative estimate of drug-likeness (QED) is 0.380. The Bertz CT molecular complexity index is 1230. The van der Waals surface area contributed by atoms with Gasteiger partial charge in [0.15, 0.2) is 0 Å². The summed E-state index contributed by atoms with van der Waals surface area (Å²) in [5.41, 5.74) is 0.872. The summed E-state index contributed by atoms with van der Waals surface area (Å²) in [7, 11) is 1.69. The smallest absolute Gasteiger partial charge is 0.389 e. The van der Waals surface area contributed by atoms with Crippen molar-refractivity contribution >= 4 is 10.9 Å². The summed E-state index contributed by atoms with van der Waals surface area (Å²) >= 11 is 0. The molecule has 0 amide bonds. The van der Waals surface area contributed by atoms with Gasteiger partial charge in [-0.05, 0) is 42.4 Å². The molecule has 4 rings (SSSR count). The monoisotopic (exact) mass is 442 g/mol. The Labute approximate surface area is 182 Å². The fourth-order valence-corrected chi connectivity index (χ4v) is 4.19. The van der Waals surface area contributed by atoms with Gasteiger partial charge >= 0.3 is 6.18 Å². The summed E-state index contributed by atoms with van der Waals surface area (Å²) in [6, 6.07) is 17.7. The van der Waals surface area contributed by atoms with Crippen LogP contribution in [0.3, 0.4) is 0 Å². The van der Waals surface area contributed by atoms with Gasteiger partial charge in [0.05, 0.1) is 17.7 Å². The number of halogens is 4. The lowest BCUT2D eigenvalue weighted by Gasteiger charge is -2.26. The normalized spacial score (nSPS) is 13.9. The summed E-state index contributed by atoms with van der Waals surface area (Å²) in [5, 5.41) is 14.5. The van der Waals surface area contributed by atoms with E-state index in [0.29, 0.717) is 22.0 Å². The highest BCUT2D eigenvalue weighted by molar-refractivity contribution is 5.97. The summed E-state index contributed by atoms with van der Waals surface area (Å²) < 4.78 is 57.0. The van der Waals surface area contributed by atoms with Gasteiger partial charge in [0.1, 0.15) is 5.82 Å². The Hall–Kier alpha value is -3.16. The van der Waals surface area contributed by atoms with E-state index >= 15 is 0 Å². The maximum atomic E-state index is 14.0. The molecule has 7 heteroatoms. The minimum atomic E-state index is -4.52. The maximum absolute atomic E-state index is 14.0. The van der Waals surface area contributed by atoms with Crippen molar-refractivity contribution in [2.24, 2.45) is 0 Å². The molecule has 0 bridgehead atoms. The first kappa shape index (κ1) is 22.0. The highest BCUT2D eigenvalue weighted by Crippen LogP contribution is 2.41. The number of aromatic nitrogens is 1. The molecule has 0 aliphatic heterocycles. The minimum absolute atomic E-state index is 0.0519. The topological polar surface area (TPSA) is 37.2 Å². The van der Waals surface area contributed by atoms with Crippen LogP contribution in [0, 0.1) is 5.82 Å². The largest absolute Gasteiger partial charge is 0.417 e. The SMILES string of the molecule is CNCC(O)C(c1cccc(F)c1)n1cc(-c2ccccc2C(F)(F)F)c2ccccc21. The van der Waals surface area contributed by atoms with Crippen LogP contribution in [0.25, 0.3) is 22.0 Å². The highest BCUT2D eigenvalue weighted by Gasteiger charge is 2.34. The van der Waals surface area contributed by atoms with Gasteiger partial charge in [0.25, 0.3) is 0 Å². The zero-order valence-electron chi connectivity index (χ0n) is 17.3. The number of aliphatic hydroxyl groups excluding tert-OH is 1. The average molecular weight is 442 g/mol. The lowest BCUT2D eigenvalue weighted by molar-refractivity contribution is -0.137. The van der Waals surface area contributed by atoms with Crippen LogP contribution < -0.4 is 5.32 Å². The third kappa shape index (κ3) is 4.13. The number of aliphatic hydroxyl groups is 1. The van der Waals surface area contributed by atoms with Crippen LogP contribution in [0.15, 0.2) is 79.0 Å². The molecule has 1 aromatic heterocycles. The first-order valence-electron chi connectivity index (χ1n) is 10.2. The molecule has 0 fully saturated rings. The Kier molecular flexibility index (Phi) is 6.04. The van der Waals surface area contributed by atoms with Crippen LogP contribution in [-0.4, -0.2) is 29.4 Å². The number of benzene rings is 3. The molecule has 3 aromatic carbocycles. The number of hydrogen-bond acceptors (Lipinski definition) is 2. The average Bonchev–Trinajstić information content (AvgIpc) is 3.13. The van der Waals surface area contributed by atoms with E-state index in [1.807, 2.05) is 0 Å². The molecule has 2 atom stereocenters. The number of hydrogen-bond donors (Lipinski definition) is 2. The van der Waals surface area contributed by atoms with Gasteiger partial charge < -0.3 is 15.0 Å². The third-order valence-corrected chi connectivity index (χ3v) is 5.53. The molecule has 0 saturated heterocycles. The molecular weight excluding hydrogens is 420 g/mol. The van der Waals surface area contributed by atoms with E-state index in [1.165, 1.54) is 24.3 Å². The summed E-state index contributed by atoms with van der Waals surface area (Å²) in [6.45, 7) is 0.210. The predicted octanol–water partition coefficient (Wildman–Crippen LogP) is 5.64. The van der Waals surface area contributed by atoms with Crippen molar-refractivity contribution in [1.82, 2.24) is 9.88 Å². The fourth-order valence-electron chi connectivity index (χ4n) is 4.19. The Morgan fingerprint density at radius 2 is 1.66 bits per heavy atom. The molecule has 2 N–H and O–H groups in total. The molecular formula is C25H22F4N2O. The Morgan fingerprint density at radius 3 is 2.38 bits per heavy atom. The molecule has 32 heavy (non-hydrogen) atoms. The number of rotatable bonds is 6. The van der Waals surface area contributed by atoms with Crippen molar-refractivity contribution in [3.05, 3.63) is 95.9 Å². The molecule has 0 radical (unpaired) electrons. The van der Waals surface area contributed by atoms with Crippen LogP contribution in [0.2, 0.25) is 0 Å². The van der Waals surface area contributed by atoms with E-state index < -0.39 is 29.7 Å². The Balaban J connectivity index is 1.98. The second-order valence-corrected chi connectivity index (χ2v) is 7.64. The lowest BCUT2D eigenvalue weighted by Crippen LogP contribution is -2.33. The Morgan fingerprint density at radius 1 is 0.938 bits per heavy atom. The minimum Gasteiger partial charge on any atom is -0.389 e. The van der Waals surface area contributed by atoms with Gasteiger partial charge in [-0.2, -0.15) is 13.2 Å². The third-order valence-electron chi connectivity index (χ3n) is 5.53. The van der Waals surface area contributed by atoms with Crippen molar-refractivity contribution in [1.29, 1.82) is 0 Å². The van der Waals surface area contributed by atoms with E-state index in [2.05, 4.69) is 5.32 Å². The number of nitrogens with zero attached hydrogens (tertiary/aromatic N) is 1. The highest BCUT2D eigenvalue weighted by atomic mass is 19.4. The van der Waals surface area contributed by atoms with Crippen LogP contribution in [-0.2, 0) is 6.18 Å². The van der Waals surface area contributed by atoms with Crippen LogP contribution in [0.4, 0.5) is 17.6 Å². The van der Waals surface area contributed by atoms with Crippen molar-refractivity contribution in [3.63, 3.8) is 0 Å². The van der Waals surface area contributed by atoms with Crippen molar-refractivity contribution in [2.75, 3.05) is 13.6 Å². The predicted molar refractivity (Wildman–Crippen MR) is 117 cm³/mol. The van der Waals surface area contributed by atoms with E-state index in [-0.39, 0.29) is 12.1 Å². The van der Waals surface area contributed by atoms with E-state index in [9.17, 15) is 22.7 Å². The molecule has 4 aromatic rings. The van der Waals surface area contributed by atoms with Crippen molar-refractivity contribution < 1.29 is 22.7 Å². The number of fused-ring (bicyclic) bond motifs is 1. The van der Waals surface area contributed by atoms with Gasteiger partial charge in [0, 0.05) is 29.2 Å². The van der Waals surface area contributed by atoms with Crippen LogP contribution >= 0.6 is 0 Å². The second kappa shape index (κ2) is 8.76. The molecule has 2 unspecified atom stereocenters. The number of nitrogens with one attached hydrogen (secondary N) is 1. The lowest BCUT2D eigenvalue weighted by atomic mass is 9.99. The molecule has 0 saturated carbocycles. The van der Waals surface area contributed by atoms with Crippen LogP contribution in [0.5, 0.6) is 0 Å². The first-order valence-corrected chi connectivity index (χ1v) is 10.2.